The Morgan fingerprint density at radius 1 is 0.633 bits per heavy atom. The highest BCUT2D eigenvalue weighted by molar-refractivity contribution is 9.09. The van der Waals surface area contributed by atoms with E-state index in [0.717, 1.165) is 32.2 Å². The molecule has 2 fully saturated rings. The Balaban J connectivity index is 1.43. The Hall–Kier alpha value is 0.330. The van der Waals surface area contributed by atoms with Gasteiger partial charge in [0.2, 0.25) is 0 Å². The zero-order chi connectivity index (χ0) is 21.1. The van der Waals surface area contributed by atoms with Gasteiger partial charge in [-0.15, -0.1) is 0 Å². The van der Waals surface area contributed by atoms with Gasteiger partial charge < -0.3 is 18.6 Å². The molecule has 2 saturated heterocycles. The topological polar surface area (TPSA) is 36.9 Å². The van der Waals surface area contributed by atoms with Crippen molar-refractivity contribution in [3.8, 4) is 0 Å². The first kappa shape index (κ1) is 23.5. The van der Waals surface area contributed by atoms with Crippen LogP contribution in [0, 0.1) is 0 Å². The van der Waals surface area contributed by atoms with E-state index in [1.807, 2.05) is 0 Å². The van der Waals surface area contributed by atoms with Crippen LogP contribution < -0.4 is 10.9 Å². The molecule has 0 amide bonds. The van der Waals surface area contributed by atoms with Crippen molar-refractivity contribution in [3.05, 3.63) is 58.7 Å². The fourth-order valence-electron chi connectivity index (χ4n) is 3.67. The van der Waals surface area contributed by atoms with Crippen molar-refractivity contribution in [1.29, 1.82) is 0 Å². The fourth-order valence-corrected chi connectivity index (χ4v) is 5.81. The lowest BCUT2D eigenvalue weighted by Crippen LogP contribution is -2.60. The molecular formula is C20H20B2Br4O4. The second kappa shape index (κ2) is 11.0. The summed E-state index contributed by atoms with van der Waals surface area (Å²) in [7, 11) is -0.814. The summed E-state index contributed by atoms with van der Waals surface area (Å²) in [5.41, 5.74) is 6.99. The zero-order valence-corrected chi connectivity index (χ0v) is 22.5. The van der Waals surface area contributed by atoms with Crippen LogP contribution >= 0.6 is 63.7 Å². The highest BCUT2D eigenvalue weighted by atomic mass is 79.9. The highest BCUT2D eigenvalue weighted by Crippen LogP contribution is 2.23. The minimum absolute atomic E-state index is 0.152. The average molecular weight is 666 g/mol. The number of halogens is 4. The van der Waals surface area contributed by atoms with Gasteiger partial charge in [0.25, 0.3) is 0 Å². The Bertz CT molecular complexity index is 816. The van der Waals surface area contributed by atoms with Gasteiger partial charge in [-0.05, 0) is 33.2 Å². The van der Waals surface area contributed by atoms with E-state index in [4.69, 9.17) is 18.6 Å². The Labute approximate surface area is 211 Å². The van der Waals surface area contributed by atoms with Gasteiger partial charge >= 0.3 is 14.2 Å². The first-order valence-electron chi connectivity index (χ1n) is 9.68. The average Bonchev–Trinajstić information content (AvgIpc) is 2.82. The van der Waals surface area contributed by atoms with Crippen molar-refractivity contribution in [1.82, 2.24) is 0 Å². The summed E-state index contributed by atoms with van der Waals surface area (Å²) in [6.45, 7) is 0.952. The van der Waals surface area contributed by atoms with Crippen LogP contribution in [-0.2, 0) is 39.9 Å². The maximum absolute atomic E-state index is 6.20. The summed E-state index contributed by atoms with van der Waals surface area (Å²) >= 11 is 14.2. The van der Waals surface area contributed by atoms with Crippen LogP contribution in [0.3, 0.4) is 0 Å². The van der Waals surface area contributed by atoms with E-state index < -0.39 is 14.2 Å². The monoisotopic (exact) mass is 662 g/mol. The Morgan fingerprint density at radius 3 is 1.40 bits per heavy atom. The van der Waals surface area contributed by atoms with Crippen LogP contribution in [0.25, 0.3) is 0 Å². The minimum atomic E-state index is -0.407. The van der Waals surface area contributed by atoms with Crippen molar-refractivity contribution >= 4 is 88.9 Å². The molecule has 0 aliphatic carbocycles. The smallest absolute Gasteiger partial charge is 0.405 e. The number of alkyl halides is 4. The van der Waals surface area contributed by atoms with Crippen molar-refractivity contribution in [2.45, 2.75) is 33.5 Å². The summed E-state index contributed by atoms with van der Waals surface area (Å²) in [4.78, 5) is 0. The second-order valence-corrected chi connectivity index (χ2v) is 9.51. The number of rotatable bonds is 6. The van der Waals surface area contributed by atoms with Gasteiger partial charge in [0, 0.05) is 21.3 Å². The molecule has 0 N–H and O–H groups in total. The quantitative estimate of drug-likeness (QED) is 0.343. The molecule has 0 spiro atoms. The van der Waals surface area contributed by atoms with Crippen molar-refractivity contribution in [2.75, 3.05) is 13.2 Å². The standard InChI is InChI=1S/C20H20B2Br4O4/c23-7-13-1-3-17(5-15(13)9-25)21-27-11-20-19(29-21)12-28-22(30-20)18-4-2-14(8-24)16(6-18)10-26/h1-6,19-20H,7-12H2/t19-,20-/m0/s1. The van der Waals surface area contributed by atoms with Crippen LogP contribution in [0.15, 0.2) is 36.4 Å². The molecule has 0 radical (unpaired) electrons. The molecule has 0 saturated carbocycles. The number of benzene rings is 2. The van der Waals surface area contributed by atoms with E-state index in [1.54, 1.807) is 0 Å². The first-order valence-corrected chi connectivity index (χ1v) is 14.2. The molecule has 2 heterocycles. The molecule has 2 aliphatic heterocycles. The van der Waals surface area contributed by atoms with E-state index >= 15 is 0 Å². The van der Waals surface area contributed by atoms with Gasteiger partial charge in [0.1, 0.15) is 0 Å². The first-order chi connectivity index (χ1) is 14.7. The number of hydrogen-bond acceptors (Lipinski definition) is 4. The molecular weight excluding hydrogens is 645 g/mol. The summed E-state index contributed by atoms with van der Waals surface area (Å²) in [6.07, 6.45) is -0.304. The van der Waals surface area contributed by atoms with Crippen LogP contribution in [-0.4, -0.2) is 39.7 Å². The highest BCUT2D eigenvalue weighted by Gasteiger charge is 2.43. The van der Waals surface area contributed by atoms with E-state index in [2.05, 4.69) is 100 Å². The molecule has 30 heavy (non-hydrogen) atoms. The van der Waals surface area contributed by atoms with Gasteiger partial charge in [-0.2, -0.15) is 0 Å². The van der Waals surface area contributed by atoms with Gasteiger partial charge in [-0.25, -0.2) is 0 Å². The lowest BCUT2D eigenvalue weighted by molar-refractivity contribution is -0.0884. The minimum Gasteiger partial charge on any atom is -0.405 e. The Morgan fingerprint density at radius 2 is 1.03 bits per heavy atom. The van der Waals surface area contributed by atoms with Gasteiger partial charge in [0.05, 0.1) is 25.4 Å². The van der Waals surface area contributed by atoms with E-state index in [0.29, 0.717) is 13.2 Å². The predicted octanol–water partition coefficient (Wildman–Crippen LogP) is 4.19. The van der Waals surface area contributed by atoms with E-state index in [1.165, 1.54) is 22.3 Å². The van der Waals surface area contributed by atoms with Gasteiger partial charge in [0.15, 0.2) is 0 Å². The normalized spacial score (nSPS) is 21.6. The maximum atomic E-state index is 6.20. The third kappa shape index (κ3) is 5.11. The molecule has 2 atom stereocenters. The molecule has 4 rings (SSSR count). The molecule has 2 aliphatic rings. The third-order valence-electron chi connectivity index (χ3n) is 5.42. The van der Waals surface area contributed by atoms with Crippen molar-refractivity contribution in [3.63, 3.8) is 0 Å². The van der Waals surface area contributed by atoms with Crippen LogP contribution in [0.5, 0.6) is 0 Å². The maximum Gasteiger partial charge on any atom is 0.494 e. The molecule has 2 aromatic carbocycles. The molecule has 2 aromatic rings. The fraction of sp³-hybridized carbons (Fsp3) is 0.400. The van der Waals surface area contributed by atoms with Gasteiger partial charge in [-0.3, -0.25) is 0 Å². The SMILES string of the molecule is BrCc1ccc(B2OC[C@@H]3OB(c4ccc(CBr)c(CBr)c4)OC[C@@H]3O2)cc1CBr. The summed E-state index contributed by atoms with van der Waals surface area (Å²) in [6, 6.07) is 12.6. The predicted molar refractivity (Wildman–Crippen MR) is 136 cm³/mol. The molecule has 10 heteroatoms. The Kier molecular flexibility index (Phi) is 8.59. The summed E-state index contributed by atoms with van der Waals surface area (Å²) in [5, 5.41) is 3.22. The number of hydrogen-bond donors (Lipinski definition) is 0. The summed E-state index contributed by atoms with van der Waals surface area (Å²) in [5.74, 6) is 0. The molecule has 4 nitrogen and oxygen atoms in total. The second-order valence-electron chi connectivity index (χ2n) is 7.27. The molecule has 0 bridgehead atoms. The van der Waals surface area contributed by atoms with Crippen molar-refractivity contribution < 1.29 is 18.6 Å². The van der Waals surface area contributed by atoms with E-state index in [-0.39, 0.29) is 12.2 Å². The van der Waals surface area contributed by atoms with Crippen LogP contribution in [0.4, 0.5) is 0 Å². The lowest BCUT2D eigenvalue weighted by Gasteiger charge is -2.40. The van der Waals surface area contributed by atoms with Crippen molar-refractivity contribution in [2.24, 2.45) is 0 Å². The van der Waals surface area contributed by atoms with Crippen LogP contribution in [0.1, 0.15) is 22.3 Å². The van der Waals surface area contributed by atoms with Crippen LogP contribution in [0.2, 0.25) is 0 Å². The van der Waals surface area contributed by atoms with E-state index in [9.17, 15) is 0 Å². The molecule has 0 unspecified atom stereocenters. The largest absolute Gasteiger partial charge is 0.494 e. The zero-order valence-electron chi connectivity index (χ0n) is 16.2. The van der Waals surface area contributed by atoms with Gasteiger partial charge in [-0.1, -0.05) is 100 Å². The molecule has 158 valence electrons. The number of fused-ring (bicyclic) bond motifs is 1. The lowest BCUT2D eigenvalue weighted by atomic mass is 9.74. The summed E-state index contributed by atoms with van der Waals surface area (Å²) < 4.78 is 24.5. The molecule has 0 aromatic heterocycles. The third-order valence-corrected chi connectivity index (χ3v) is 7.83.